The van der Waals surface area contributed by atoms with Gasteiger partial charge in [-0.25, -0.2) is 4.98 Å². The summed E-state index contributed by atoms with van der Waals surface area (Å²) in [5.74, 6) is 0.890. The molecule has 1 aliphatic carbocycles. The summed E-state index contributed by atoms with van der Waals surface area (Å²) in [7, 11) is 1.77. The van der Waals surface area contributed by atoms with Gasteiger partial charge in [-0.1, -0.05) is 11.6 Å². The number of nitrogens with one attached hydrogen (secondary N) is 1. The molecule has 1 aromatic heterocycles. The number of pyridine rings is 1. The first-order chi connectivity index (χ1) is 7.28. The summed E-state index contributed by atoms with van der Waals surface area (Å²) in [5.41, 5.74) is 0. The molecule has 0 aliphatic heterocycles. The molecule has 3 nitrogen and oxygen atoms in total. The second-order valence-electron chi connectivity index (χ2n) is 3.87. The van der Waals surface area contributed by atoms with Gasteiger partial charge in [0.25, 0.3) is 0 Å². The van der Waals surface area contributed by atoms with Crippen LogP contribution in [0.1, 0.15) is 19.3 Å². The number of ether oxygens (including phenoxy) is 1. The summed E-state index contributed by atoms with van der Waals surface area (Å²) < 4.78 is 5.32. The van der Waals surface area contributed by atoms with Gasteiger partial charge in [-0.15, -0.1) is 0 Å². The third-order valence-corrected chi connectivity index (χ3v) is 3.02. The molecule has 0 radical (unpaired) electrons. The fourth-order valence-corrected chi connectivity index (χ4v) is 2.07. The van der Waals surface area contributed by atoms with E-state index < -0.39 is 0 Å². The largest absolute Gasteiger partial charge is 0.381 e. The maximum Gasteiger partial charge on any atom is 0.126 e. The summed E-state index contributed by atoms with van der Waals surface area (Å²) in [4.78, 5) is 4.21. The molecule has 15 heavy (non-hydrogen) atoms. The van der Waals surface area contributed by atoms with Crippen LogP contribution in [-0.2, 0) is 4.74 Å². The predicted molar refractivity (Wildman–Crippen MR) is 61.3 cm³/mol. The van der Waals surface area contributed by atoms with Crippen molar-refractivity contribution >= 4 is 17.4 Å². The molecule has 2 rings (SSSR count). The Morgan fingerprint density at radius 3 is 2.93 bits per heavy atom. The predicted octanol–water partition coefficient (Wildman–Crippen LogP) is 2.71. The van der Waals surface area contributed by atoms with E-state index in [9.17, 15) is 0 Å². The fourth-order valence-electron chi connectivity index (χ4n) is 1.96. The van der Waals surface area contributed by atoms with Gasteiger partial charge >= 0.3 is 0 Å². The molecule has 1 saturated carbocycles. The van der Waals surface area contributed by atoms with E-state index in [1.54, 1.807) is 13.3 Å². The SMILES string of the molecule is COC1CCC(Nc2ccc(Cl)cn2)C1. The highest BCUT2D eigenvalue weighted by molar-refractivity contribution is 6.30. The van der Waals surface area contributed by atoms with Crippen LogP contribution in [-0.4, -0.2) is 24.2 Å². The van der Waals surface area contributed by atoms with Crippen molar-refractivity contribution in [3.05, 3.63) is 23.4 Å². The Morgan fingerprint density at radius 2 is 2.33 bits per heavy atom. The van der Waals surface area contributed by atoms with Crippen LogP contribution in [0.2, 0.25) is 5.02 Å². The molecular formula is C11H15ClN2O. The van der Waals surface area contributed by atoms with E-state index in [1.165, 1.54) is 0 Å². The van der Waals surface area contributed by atoms with Crippen molar-refractivity contribution in [2.24, 2.45) is 0 Å². The van der Waals surface area contributed by atoms with Crippen LogP contribution >= 0.6 is 11.6 Å². The first kappa shape index (κ1) is 10.7. The highest BCUT2D eigenvalue weighted by atomic mass is 35.5. The van der Waals surface area contributed by atoms with E-state index in [4.69, 9.17) is 16.3 Å². The Kier molecular flexibility index (Phi) is 3.44. The molecule has 1 N–H and O–H groups in total. The first-order valence-corrected chi connectivity index (χ1v) is 5.56. The lowest BCUT2D eigenvalue weighted by atomic mass is 10.2. The van der Waals surface area contributed by atoms with Crippen LogP contribution in [0.25, 0.3) is 0 Å². The minimum Gasteiger partial charge on any atom is -0.381 e. The number of nitrogens with zero attached hydrogens (tertiary/aromatic N) is 1. The number of halogens is 1. The molecule has 0 bridgehead atoms. The first-order valence-electron chi connectivity index (χ1n) is 5.19. The molecular weight excluding hydrogens is 212 g/mol. The lowest BCUT2D eigenvalue weighted by Crippen LogP contribution is -2.17. The number of anilines is 1. The van der Waals surface area contributed by atoms with Crippen LogP contribution in [0.3, 0.4) is 0 Å². The Labute approximate surface area is 94.8 Å². The van der Waals surface area contributed by atoms with Gasteiger partial charge in [-0.05, 0) is 31.4 Å². The van der Waals surface area contributed by atoms with Gasteiger partial charge in [-0.2, -0.15) is 0 Å². The van der Waals surface area contributed by atoms with Crippen molar-refractivity contribution < 1.29 is 4.74 Å². The van der Waals surface area contributed by atoms with E-state index in [2.05, 4.69) is 10.3 Å². The molecule has 1 aliphatic rings. The van der Waals surface area contributed by atoms with Crippen LogP contribution in [0.5, 0.6) is 0 Å². The van der Waals surface area contributed by atoms with Crippen molar-refractivity contribution in [3.8, 4) is 0 Å². The van der Waals surface area contributed by atoms with E-state index in [-0.39, 0.29) is 0 Å². The van der Waals surface area contributed by atoms with Crippen molar-refractivity contribution in [2.75, 3.05) is 12.4 Å². The van der Waals surface area contributed by atoms with Crippen LogP contribution < -0.4 is 5.32 Å². The standard InChI is InChI=1S/C11H15ClN2O/c1-15-10-4-3-9(6-10)14-11-5-2-8(12)7-13-11/h2,5,7,9-10H,3-4,6H2,1H3,(H,13,14). The average Bonchev–Trinajstić information content (AvgIpc) is 2.69. The molecule has 1 aromatic rings. The maximum atomic E-state index is 5.76. The second-order valence-corrected chi connectivity index (χ2v) is 4.31. The lowest BCUT2D eigenvalue weighted by molar-refractivity contribution is 0.108. The molecule has 2 atom stereocenters. The van der Waals surface area contributed by atoms with Crippen molar-refractivity contribution in [1.29, 1.82) is 0 Å². The average molecular weight is 227 g/mol. The van der Waals surface area contributed by atoms with E-state index in [0.29, 0.717) is 17.2 Å². The second kappa shape index (κ2) is 4.81. The Morgan fingerprint density at radius 1 is 1.47 bits per heavy atom. The molecule has 82 valence electrons. The molecule has 0 spiro atoms. The molecule has 0 amide bonds. The minimum atomic E-state index is 0.398. The lowest BCUT2D eigenvalue weighted by Gasteiger charge is -2.13. The van der Waals surface area contributed by atoms with Gasteiger partial charge in [0, 0.05) is 19.3 Å². The van der Waals surface area contributed by atoms with Gasteiger partial charge in [0.15, 0.2) is 0 Å². The van der Waals surface area contributed by atoms with Crippen LogP contribution in [0.15, 0.2) is 18.3 Å². The molecule has 1 fully saturated rings. The van der Waals surface area contributed by atoms with Crippen LogP contribution in [0, 0.1) is 0 Å². The monoisotopic (exact) mass is 226 g/mol. The van der Waals surface area contributed by atoms with E-state index in [1.807, 2.05) is 12.1 Å². The summed E-state index contributed by atoms with van der Waals surface area (Å²) in [6, 6.07) is 4.23. The van der Waals surface area contributed by atoms with Gasteiger partial charge in [0.05, 0.1) is 11.1 Å². The normalized spacial score (nSPS) is 25.5. The van der Waals surface area contributed by atoms with Crippen molar-refractivity contribution in [1.82, 2.24) is 4.98 Å². The molecule has 0 saturated heterocycles. The number of hydrogen-bond donors (Lipinski definition) is 1. The molecule has 0 aromatic carbocycles. The van der Waals surface area contributed by atoms with Gasteiger partial charge < -0.3 is 10.1 Å². The number of rotatable bonds is 3. The van der Waals surface area contributed by atoms with Crippen molar-refractivity contribution in [2.45, 2.75) is 31.4 Å². The van der Waals surface area contributed by atoms with E-state index in [0.717, 1.165) is 25.1 Å². The zero-order chi connectivity index (χ0) is 10.7. The maximum absolute atomic E-state index is 5.76. The van der Waals surface area contributed by atoms with Gasteiger partial charge in [0.2, 0.25) is 0 Å². The van der Waals surface area contributed by atoms with Gasteiger partial charge in [-0.3, -0.25) is 0 Å². The quantitative estimate of drug-likeness (QED) is 0.861. The minimum absolute atomic E-state index is 0.398. The van der Waals surface area contributed by atoms with E-state index >= 15 is 0 Å². The third kappa shape index (κ3) is 2.83. The highest BCUT2D eigenvalue weighted by Gasteiger charge is 2.24. The Balaban J connectivity index is 1.90. The zero-order valence-corrected chi connectivity index (χ0v) is 9.50. The highest BCUT2D eigenvalue weighted by Crippen LogP contribution is 2.24. The number of hydrogen-bond acceptors (Lipinski definition) is 3. The van der Waals surface area contributed by atoms with Gasteiger partial charge in [0.1, 0.15) is 5.82 Å². The molecule has 2 unspecified atom stereocenters. The molecule has 1 heterocycles. The topological polar surface area (TPSA) is 34.1 Å². The summed E-state index contributed by atoms with van der Waals surface area (Å²) >= 11 is 5.76. The number of aromatic nitrogens is 1. The third-order valence-electron chi connectivity index (χ3n) is 2.80. The van der Waals surface area contributed by atoms with Crippen molar-refractivity contribution in [3.63, 3.8) is 0 Å². The number of methoxy groups -OCH3 is 1. The fraction of sp³-hybridized carbons (Fsp3) is 0.545. The Bertz CT molecular complexity index is 315. The summed E-state index contributed by atoms with van der Waals surface area (Å²) in [6.45, 7) is 0. The summed E-state index contributed by atoms with van der Waals surface area (Å²) in [5, 5.41) is 4.05. The Hall–Kier alpha value is -0.800. The summed E-state index contributed by atoms with van der Waals surface area (Å²) in [6.07, 6.45) is 5.38. The van der Waals surface area contributed by atoms with Crippen LogP contribution in [0.4, 0.5) is 5.82 Å². The smallest absolute Gasteiger partial charge is 0.126 e. The molecule has 4 heteroatoms. The zero-order valence-electron chi connectivity index (χ0n) is 8.74.